The number of fused-ring (bicyclic) bond motifs is 15. The molecule has 6 aromatic carbocycles. The number of benzene rings is 6. The molecule has 0 spiro atoms. The lowest BCUT2D eigenvalue weighted by Crippen LogP contribution is -2.64. The van der Waals surface area contributed by atoms with E-state index in [0.717, 1.165) is 67.4 Å². The minimum absolute atomic E-state index is 0.0264. The average Bonchev–Trinajstić information content (AvgIpc) is 0.703. The molecule has 25 nitrogen and oxygen atoms in total. The van der Waals surface area contributed by atoms with Crippen LogP contribution < -0.4 is 46.1 Å². The van der Waals surface area contributed by atoms with E-state index in [0.29, 0.717) is 69.6 Å². The van der Waals surface area contributed by atoms with Crippen LogP contribution in [0.1, 0.15) is 127 Å². The first kappa shape index (κ1) is 96.4. The van der Waals surface area contributed by atoms with E-state index < -0.39 is 132 Å². The molecule has 6 aliphatic heterocycles. The van der Waals surface area contributed by atoms with Gasteiger partial charge in [0.2, 0.25) is 11.8 Å². The van der Waals surface area contributed by atoms with Crippen molar-refractivity contribution in [2.75, 3.05) is 121 Å². The molecule has 6 N–H and O–H groups in total. The lowest BCUT2D eigenvalue weighted by Gasteiger charge is -2.51. The topological polar surface area (TPSA) is 286 Å². The molecule has 6 atom stereocenters. The van der Waals surface area contributed by atoms with Crippen LogP contribution in [0, 0.1) is 79.0 Å². The van der Waals surface area contributed by atoms with Gasteiger partial charge in [0.05, 0.1) is 133 Å². The van der Waals surface area contributed by atoms with E-state index in [1.54, 1.807) is 77.2 Å². The van der Waals surface area contributed by atoms with Crippen LogP contribution in [0.4, 0.5) is 73.6 Å². The molecular formula is C103H107F9N14O11. The van der Waals surface area contributed by atoms with E-state index in [9.17, 15) is 54.6 Å². The number of aliphatic hydroxyl groups is 3. The van der Waals surface area contributed by atoms with Gasteiger partial charge >= 0.3 is 0 Å². The van der Waals surface area contributed by atoms with Gasteiger partial charge in [-0.1, -0.05) is 79.8 Å². The molecule has 0 unspecified atom stereocenters. The second-order valence-corrected chi connectivity index (χ2v) is 37.0. The highest BCUT2D eigenvalue weighted by Gasteiger charge is 2.48. The molecule has 12 heterocycles. The summed E-state index contributed by atoms with van der Waals surface area (Å²) in [6.45, 7) is 31.6. The van der Waals surface area contributed by atoms with Crippen LogP contribution in [0.15, 0.2) is 149 Å². The highest BCUT2D eigenvalue weighted by atomic mass is 19.2. The molecule has 137 heavy (non-hydrogen) atoms. The Balaban J connectivity index is 0.000000149. The molecule has 34 heteroatoms. The fraction of sp³-hybridized carbons (Fsp3) is 0.359. The number of aromatic nitrogens is 6. The van der Waals surface area contributed by atoms with Crippen LogP contribution in [0.3, 0.4) is 0 Å². The molecule has 6 aliphatic rings. The van der Waals surface area contributed by atoms with Gasteiger partial charge in [0, 0.05) is 125 Å². The summed E-state index contributed by atoms with van der Waals surface area (Å²) >= 11 is 0. The molecule has 18 rings (SSSR count). The smallest absolute Gasteiger partial charge is 0.281 e. The van der Waals surface area contributed by atoms with Crippen molar-refractivity contribution in [2.24, 2.45) is 5.92 Å². The second-order valence-electron chi connectivity index (χ2n) is 37.0. The number of piperidine rings is 1. The number of aliphatic hydroxyl groups excluding tert-OH is 3. The molecule has 6 aromatic heterocycles. The van der Waals surface area contributed by atoms with Gasteiger partial charge in [-0.25, -0.2) is 39.5 Å². The number of carbonyl (C=O) groups excluding carboxylic acids is 2. The van der Waals surface area contributed by atoms with Gasteiger partial charge in [0.1, 0.15) is 69.2 Å². The third-order valence-corrected chi connectivity index (χ3v) is 27.2. The first-order valence-corrected chi connectivity index (χ1v) is 45.7. The standard InChI is InChI=1S/2C35H36F3N5O4.C33H35F3N4O3/c2*1-6-26(46)41-17-21-16-40(12-13-44)34-33(42(21)15-20(41)5)22-14-24(37)28(27-23(36)8-7-9-25(27)45)29(38)32(22)43(35(34)47)31-19(4)10-11-39-30(31)18(2)3;1-17(2)28-29(19(4)10-11-37-28)40-30-21(14-23(35)26(27(30)36)25-22(34)6-5-7-24(25)42)31-32(33(40)43)38(12-13-41)16-20-9-8-18(3)15-39(20)31/h2*6-11,14,18,20-21,44-45H,1,12-13,15-17H2,2-5H3;5-7,10-11,14,17-18,20,41-42H,8-9,12-13,15-16H2,1-4H3/t2*20-,21+;18-,20+/m110/s1. The molecule has 3 fully saturated rings. The van der Waals surface area contributed by atoms with Gasteiger partial charge in [-0.05, 0) is 173 Å². The number of piperazine rings is 2. The lowest BCUT2D eigenvalue weighted by molar-refractivity contribution is -0.129. The number of hydrogen-bond donors (Lipinski definition) is 6. The van der Waals surface area contributed by atoms with E-state index >= 15 is 39.5 Å². The number of pyridine rings is 6. The largest absolute Gasteiger partial charge is 0.507 e. The zero-order valence-electron chi connectivity index (χ0n) is 77.9. The van der Waals surface area contributed by atoms with E-state index in [1.807, 2.05) is 70.1 Å². The maximum absolute atomic E-state index is 17.3. The predicted octanol–water partition coefficient (Wildman–Crippen LogP) is 16.0. The van der Waals surface area contributed by atoms with Gasteiger partial charge in [0.15, 0.2) is 17.5 Å². The molecule has 12 aromatic rings. The summed E-state index contributed by atoms with van der Waals surface area (Å²) in [5.74, 6) is -12.8. The number of hydrogen-bond acceptors (Lipinski definition) is 20. The van der Waals surface area contributed by atoms with E-state index in [2.05, 4.69) is 39.9 Å². The fourth-order valence-electron chi connectivity index (χ4n) is 21.0. The van der Waals surface area contributed by atoms with E-state index in [1.165, 1.54) is 44.1 Å². The summed E-state index contributed by atoms with van der Waals surface area (Å²) in [4.78, 5) is 98.2. The number of nitrogens with zero attached hydrogens (tertiary/aromatic N) is 14. The Hall–Kier alpha value is -13.7. The summed E-state index contributed by atoms with van der Waals surface area (Å²) in [7, 11) is 0. The van der Waals surface area contributed by atoms with Crippen molar-refractivity contribution >= 4 is 78.6 Å². The lowest BCUT2D eigenvalue weighted by atomic mass is 9.89. The van der Waals surface area contributed by atoms with Crippen molar-refractivity contribution in [1.82, 2.24) is 38.5 Å². The van der Waals surface area contributed by atoms with Crippen molar-refractivity contribution in [3.63, 3.8) is 0 Å². The monoisotopic (exact) mass is 1890 g/mol. The zero-order valence-corrected chi connectivity index (χ0v) is 77.9. The fourth-order valence-corrected chi connectivity index (χ4v) is 21.0. The van der Waals surface area contributed by atoms with Gasteiger partial charge in [-0.15, -0.1) is 0 Å². The van der Waals surface area contributed by atoms with Crippen molar-refractivity contribution in [3.8, 4) is 67.7 Å². The molecule has 718 valence electrons. The summed E-state index contributed by atoms with van der Waals surface area (Å²) < 4.78 is 150. The van der Waals surface area contributed by atoms with Crippen molar-refractivity contribution in [2.45, 2.75) is 144 Å². The first-order valence-electron chi connectivity index (χ1n) is 45.7. The molecule has 2 amide bonds. The zero-order chi connectivity index (χ0) is 98.5. The SMILES string of the molecule is C=CC(=O)N1C[C@@H]2CN(CCO)c3c(c4cc(F)c(-c5c(O)cccc5F)c(F)c4n(-c4c(C)ccnc4C(C)C)c3=O)N2C[C@H]1C.C=CC(=O)N1C[C@@H]2CN(CCO)c3c(c4cc(F)c(-c5c(O)cccc5F)c(F)c4n(-c4c(C)ccnc4C(C)C)c3=O)N2C[C@H]1C.Cc1ccnc(C(C)C)c1-n1c(=O)c2c(c3cc(F)c(-c4c(O)cccc4F)c(F)c31)N1C[C@@H](C)CC[C@@H]1CN2CCO. The van der Waals surface area contributed by atoms with Crippen LogP contribution in [0.25, 0.3) is 83.2 Å². The Morgan fingerprint density at radius 3 is 0.956 bits per heavy atom. The minimum Gasteiger partial charge on any atom is -0.507 e. The molecular weight excluding hydrogens is 1780 g/mol. The van der Waals surface area contributed by atoms with Gasteiger partial charge in [-0.3, -0.25) is 52.6 Å². The minimum atomic E-state index is -1.23. The normalized spacial score (nSPS) is 17.9. The molecule has 0 radical (unpaired) electrons. The summed E-state index contributed by atoms with van der Waals surface area (Å²) in [5, 5.41) is 62.1. The Kier molecular flexibility index (Phi) is 26.8. The number of phenolic OH excluding ortho intramolecular Hbond substituents is 3. The third-order valence-electron chi connectivity index (χ3n) is 27.2. The Morgan fingerprint density at radius 1 is 0.387 bits per heavy atom. The summed E-state index contributed by atoms with van der Waals surface area (Å²) in [6.07, 6.45) is 9.05. The number of carbonyl (C=O) groups is 2. The van der Waals surface area contributed by atoms with E-state index in [-0.39, 0.29) is 193 Å². The van der Waals surface area contributed by atoms with Crippen molar-refractivity contribution in [3.05, 3.63) is 252 Å². The number of β-amino-alcohol motifs (C(OH)–C–C–N with tert-alkyl or cyclic N) is 3. The number of aromatic hydroxyl groups is 3. The van der Waals surface area contributed by atoms with Crippen LogP contribution in [-0.4, -0.2) is 203 Å². The number of halogens is 9. The highest BCUT2D eigenvalue weighted by molar-refractivity contribution is 6.07. The molecule has 0 aliphatic carbocycles. The van der Waals surface area contributed by atoms with E-state index in [4.69, 9.17) is 0 Å². The quantitative estimate of drug-likeness (QED) is 0.0365. The molecule has 0 bridgehead atoms. The Labute approximate surface area is 783 Å². The van der Waals surface area contributed by atoms with Crippen molar-refractivity contribution < 1.29 is 79.7 Å². The first-order chi connectivity index (χ1) is 65.4. The van der Waals surface area contributed by atoms with Gasteiger partial charge in [-0.2, -0.15) is 0 Å². The molecule has 3 saturated heterocycles. The number of anilines is 6. The maximum atomic E-state index is 17.3. The highest BCUT2D eigenvalue weighted by Crippen LogP contribution is 2.53. The predicted molar refractivity (Wildman–Crippen MR) is 512 cm³/mol. The van der Waals surface area contributed by atoms with Crippen LogP contribution in [0.2, 0.25) is 0 Å². The summed E-state index contributed by atoms with van der Waals surface area (Å²) in [6, 6.07) is 17.0. The number of rotatable bonds is 17. The second kappa shape index (κ2) is 38.1. The van der Waals surface area contributed by atoms with Crippen LogP contribution in [-0.2, 0) is 9.59 Å². The van der Waals surface area contributed by atoms with Crippen molar-refractivity contribution in [1.29, 1.82) is 0 Å². The van der Waals surface area contributed by atoms with Crippen LogP contribution in [0.5, 0.6) is 17.2 Å². The average molecular weight is 1890 g/mol. The Morgan fingerprint density at radius 2 is 0.679 bits per heavy atom. The van der Waals surface area contributed by atoms with Crippen LogP contribution >= 0.6 is 0 Å². The number of phenols is 3. The maximum Gasteiger partial charge on any atom is 0.281 e. The number of amides is 2. The third kappa shape index (κ3) is 16.4. The van der Waals surface area contributed by atoms with Gasteiger partial charge in [0.25, 0.3) is 16.7 Å². The molecule has 0 saturated carbocycles. The summed E-state index contributed by atoms with van der Waals surface area (Å²) in [5.41, 5.74) is -1.25. The number of aryl methyl sites for hydroxylation is 3. The van der Waals surface area contributed by atoms with Gasteiger partial charge < -0.3 is 69.8 Å². The Bertz CT molecular complexity index is 6770.